The molecule has 0 unspecified atom stereocenters. The van der Waals surface area contributed by atoms with Gasteiger partial charge in [0.25, 0.3) is 0 Å². The summed E-state index contributed by atoms with van der Waals surface area (Å²) in [5.74, 6) is 1.28. The molecule has 0 bridgehead atoms. The molecule has 3 aromatic rings. The minimum absolute atomic E-state index is 0.422. The van der Waals surface area contributed by atoms with Gasteiger partial charge in [0.2, 0.25) is 4.77 Å². The van der Waals surface area contributed by atoms with Crippen molar-refractivity contribution in [2.45, 2.75) is 0 Å². The van der Waals surface area contributed by atoms with E-state index < -0.39 is 0 Å². The van der Waals surface area contributed by atoms with E-state index in [-0.39, 0.29) is 0 Å². The molecule has 0 amide bonds. The number of hydrogen-bond acceptors (Lipinski definition) is 4. The van der Waals surface area contributed by atoms with Crippen LogP contribution in [0.1, 0.15) is 5.76 Å². The number of rotatable bonds is 3. The number of halogens is 2. The summed E-state index contributed by atoms with van der Waals surface area (Å²) in [6, 6.07) is 11.6. The molecule has 21 heavy (non-hydrogen) atoms. The Morgan fingerprint density at radius 2 is 2.14 bits per heavy atom. The monoisotopic (exact) mass is 474 g/mol. The fourth-order valence-electron chi connectivity index (χ4n) is 1.71. The number of aromatic amines is 1. The minimum Gasteiger partial charge on any atom is -0.448 e. The average Bonchev–Trinajstić information content (AvgIpc) is 3.01. The van der Waals surface area contributed by atoms with Crippen molar-refractivity contribution in [2.24, 2.45) is 5.10 Å². The van der Waals surface area contributed by atoms with E-state index >= 15 is 0 Å². The zero-order chi connectivity index (χ0) is 14.8. The van der Waals surface area contributed by atoms with E-state index in [1.807, 2.05) is 36.4 Å². The SMILES string of the molecule is S=c1[nH]nc(-c2ccccc2)n1N=Cc1cc(Br)c(I)o1. The molecule has 1 aromatic carbocycles. The number of furan rings is 1. The number of H-pyrrole nitrogens is 1. The summed E-state index contributed by atoms with van der Waals surface area (Å²) >= 11 is 10.7. The Morgan fingerprint density at radius 1 is 1.38 bits per heavy atom. The lowest BCUT2D eigenvalue weighted by atomic mass is 10.2. The first-order valence-electron chi connectivity index (χ1n) is 5.87. The largest absolute Gasteiger partial charge is 0.448 e. The quantitative estimate of drug-likeness (QED) is 0.346. The molecule has 0 saturated carbocycles. The average molecular weight is 475 g/mol. The highest BCUT2D eigenvalue weighted by Crippen LogP contribution is 2.22. The van der Waals surface area contributed by atoms with Crippen molar-refractivity contribution < 1.29 is 4.42 Å². The molecule has 0 aliphatic rings. The van der Waals surface area contributed by atoms with Gasteiger partial charge < -0.3 is 4.42 Å². The van der Waals surface area contributed by atoms with Gasteiger partial charge in [-0.2, -0.15) is 14.9 Å². The summed E-state index contributed by atoms with van der Waals surface area (Å²) in [5.41, 5.74) is 0.928. The molecule has 0 atom stereocenters. The zero-order valence-electron chi connectivity index (χ0n) is 10.5. The summed E-state index contributed by atoms with van der Waals surface area (Å²) in [6.07, 6.45) is 1.60. The molecular weight excluding hydrogens is 467 g/mol. The molecule has 0 spiro atoms. The first-order valence-corrected chi connectivity index (χ1v) is 8.15. The van der Waals surface area contributed by atoms with Crippen LogP contribution in [0.5, 0.6) is 0 Å². The standard InChI is InChI=1S/C13H8BrIN4OS/c14-10-6-9(20-11(10)15)7-16-19-12(17-18-13(19)21)8-4-2-1-3-5-8/h1-7H,(H,18,21). The summed E-state index contributed by atoms with van der Waals surface area (Å²) in [4.78, 5) is 0. The van der Waals surface area contributed by atoms with Gasteiger partial charge in [-0.25, -0.2) is 5.10 Å². The number of benzene rings is 1. The lowest BCUT2D eigenvalue weighted by molar-refractivity contribution is 0.529. The van der Waals surface area contributed by atoms with E-state index in [1.165, 1.54) is 0 Å². The normalized spacial score (nSPS) is 11.3. The summed E-state index contributed by atoms with van der Waals surface area (Å²) in [7, 11) is 0. The Kier molecular flexibility index (Phi) is 4.36. The van der Waals surface area contributed by atoms with E-state index in [0.717, 1.165) is 13.8 Å². The number of aromatic nitrogens is 3. The third-order valence-corrected chi connectivity index (χ3v) is 5.04. The Balaban J connectivity index is 2.00. The third-order valence-electron chi connectivity index (χ3n) is 2.65. The smallest absolute Gasteiger partial charge is 0.216 e. The number of hydrogen-bond donors (Lipinski definition) is 1. The maximum absolute atomic E-state index is 5.51. The van der Waals surface area contributed by atoms with Crippen LogP contribution in [0.3, 0.4) is 0 Å². The van der Waals surface area contributed by atoms with Gasteiger partial charge in [-0.15, -0.1) is 0 Å². The van der Waals surface area contributed by atoms with Crippen LogP contribution in [0.2, 0.25) is 0 Å². The van der Waals surface area contributed by atoms with E-state index in [0.29, 0.717) is 16.4 Å². The molecule has 0 fully saturated rings. The molecular formula is C13H8BrIN4OS. The molecule has 0 aliphatic heterocycles. The van der Waals surface area contributed by atoms with Crippen LogP contribution in [-0.4, -0.2) is 21.1 Å². The van der Waals surface area contributed by atoms with Crippen molar-refractivity contribution >= 4 is 57.0 Å². The Labute approximate surface area is 147 Å². The topological polar surface area (TPSA) is 59.1 Å². The van der Waals surface area contributed by atoms with Crippen molar-refractivity contribution in [1.29, 1.82) is 0 Å². The van der Waals surface area contributed by atoms with Crippen LogP contribution < -0.4 is 0 Å². The first kappa shape index (κ1) is 14.7. The van der Waals surface area contributed by atoms with Gasteiger partial charge >= 0.3 is 0 Å². The van der Waals surface area contributed by atoms with Crippen LogP contribution in [0, 0.1) is 8.54 Å². The van der Waals surface area contributed by atoms with E-state index in [9.17, 15) is 0 Å². The predicted octanol–water partition coefficient (Wildman–Crippen LogP) is 4.45. The van der Waals surface area contributed by atoms with Crippen molar-refractivity contribution in [3.8, 4) is 11.4 Å². The van der Waals surface area contributed by atoms with Crippen LogP contribution in [0.4, 0.5) is 0 Å². The molecule has 3 rings (SSSR count). The highest BCUT2D eigenvalue weighted by molar-refractivity contribution is 14.1. The Hall–Kier alpha value is -1.26. The number of nitrogens with zero attached hydrogens (tertiary/aromatic N) is 3. The van der Waals surface area contributed by atoms with Crippen molar-refractivity contribution in [3.05, 3.63) is 55.2 Å². The molecule has 106 valence electrons. The van der Waals surface area contributed by atoms with Crippen LogP contribution in [0.25, 0.3) is 11.4 Å². The van der Waals surface area contributed by atoms with Crippen LogP contribution in [0.15, 0.2) is 50.4 Å². The van der Waals surface area contributed by atoms with Crippen LogP contribution >= 0.6 is 50.7 Å². The van der Waals surface area contributed by atoms with E-state index in [2.05, 4.69) is 53.8 Å². The van der Waals surface area contributed by atoms with Crippen molar-refractivity contribution in [2.75, 3.05) is 0 Å². The van der Waals surface area contributed by atoms with Crippen molar-refractivity contribution in [3.63, 3.8) is 0 Å². The van der Waals surface area contributed by atoms with Gasteiger partial charge in [0.1, 0.15) is 5.76 Å². The second kappa shape index (κ2) is 6.24. The molecule has 0 saturated heterocycles. The lowest BCUT2D eigenvalue weighted by Gasteiger charge is -1.99. The highest BCUT2D eigenvalue weighted by atomic mass is 127. The fourth-order valence-corrected chi connectivity index (χ4v) is 2.61. The van der Waals surface area contributed by atoms with Gasteiger partial charge in [-0.1, -0.05) is 30.3 Å². The molecule has 0 radical (unpaired) electrons. The van der Waals surface area contributed by atoms with Crippen LogP contribution in [-0.2, 0) is 0 Å². The third kappa shape index (κ3) is 3.16. The second-order valence-corrected chi connectivity index (χ2v) is 6.27. The van der Waals surface area contributed by atoms with E-state index in [1.54, 1.807) is 10.9 Å². The summed E-state index contributed by atoms with van der Waals surface area (Å²) in [5, 5.41) is 11.3. The van der Waals surface area contributed by atoms with Gasteiger partial charge in [0, 0.05) is 34.2 Å². The molecule has 5 nitrogen and oxygen atoms in total. The van der Waals surface area contributed by atoms with Crippen molar-refractivity contribution in [1.82, 2.24) is 14.9 Å². The minimum atomic E-state index is 0.422. The Bertz CT molecular complexity index is 833. The van der Waals surface area contributed by atoms with E-state index in [4.69, 9.17) is 16.6 Å². The first-order chi connectivity index (χ1) is 10.1. The van der Waals surface area contributed by atoms with Gasteiger partial charge in [-0.05, 0) is 28.1 Å². The molecule has 0 aliphatic carbocycles. The Morgan fingerprint density at radius 3 is 2.81 bits per heavy atom. The maximum Gasteiger partial charge on any atom is 0.216 e. The van der Waals surface area contributed by atoms with Gasteiger partial charge in [-0.3, -0.25) is 0 Å². The predicted molar refractivity (Wildman–Crippen MR) is 95.0 cm³/mol. The second-order valence-electron chi connectivity index (χ2n) is 4.05. The van der Waals surface area contributed by atoms with Gasteiger partial charge in [0.15, 0.2) is 9.59 Å². The fraction of sp³-hybridized carbons (Fsp3) is 0. The molecule has 1 N–H and O–H groups in total. The summed E-state index contributed by atoms with van der Waals surface area (Å²) < 4.78 is 9.16. The lowest BCUT2D eigenvalue weighted by Crippen LogP contribution is -1.94. The van der Waals surface area contributed by atoms with Gasteiger partial charge in [0.05, 0.1) is 10.7 Å². The molecule has 2 heterocycles. The molecule has 2 aromatic heterocycles. The highest BCUT2D eigenvalue weighted by Gasteiger charge is 2.08. The molecule has 8 heteroatoms. The summed E-state index contributed by atoms with van der Waals surface area (Å²) in [6.45, 7) is 0. The zero-order valence-corrected chi connectivity index (χ0v) is 15.0. The maximum atomic E-state index is 5.51. The number of nitrogens with one attached hydrogen (secondary N) is 1.